The summed E-state index contributed by atoms with van der Waals surface area (Å²) in [6.07, 6.45) is 1.60. The minimum absolute atomic E-state index is 0.0639. The van der Waals surface area contributed by atoms with Gasteiger partial charge in [-0.05, 0) is 36.4 Å². The van der Waals surface area contributed by atoms with Crippen LogP contribution >= 0.6 is 22.9 Å². The molecule has 0 unspecified atom stereocenters. The van der Waals surface area contributed by atoms with Gasteiger partial charge in [-0.1, -0.05) is 11.6 Å². The van der Waals surface area contributed by atoms with Crippen LogP contribution in [0.4, 0.5) is 5.13 Å². The van der Waals surface area contributed by atoms with E-state index in [1.807, 2.05) is 0 Å². The fourth-order valence-electron chi connectivity index (χ4n) is 3.20. The SMILES string of the molecule is O=C(Nc1nc(CC(=O)N2CCN(C(=O)c3ccco3)CC2)cs1)c1ccc(Cl)cc1. The van der Waals surface area contributed by atoms with Gasteiger partial charge in [-0.15, -0.1) is 11.3 Å². The molecule has 1 saturated heterocycles. The second kappa shape index (κ2) is 9.32. The van der Waals surface area contributed by atoms with Gasteiger partial charge in [0, 0.05) is 42.1 Å². The molecule has 0 bridgehead atoms. The van der Waals surface area contributed by atoms with E-state index in [0.29, 0.717) is 53.4 Å². The zero-order valence-corrected chi connectivity index (χ0v) is 18.0. The van der Waals surface area contributed by atoms with Crippen molar-refractivity contribution in [3.63, 3.8) is 0 Å². The molecule has 0 spiro atoms. The Bertz CT molecular complexity index is 1070. The average molecular weight is 459 g/mol. The highest BCUT2D eigenvalue weighted by molar-refractivity contribution is 7.14. The summed E-state index contributed by atoms with van der Waals surface area (Å²) in [7, 11) is 0. The second-order valence-electron chi connectivity index (χ2n) is 6.93. The molecule has 0 saturated carbocycles. The number of nitrogens with one attached hydrogen (secondary N) is 1. The Morgan fingerprint density at radius 3 is 2.45 bits per heavy atom. The van der Waals surface area contributed by atoms with E-state index in [0.717, 1.165) is 0 Å². The van der Waals surface area contributed by atoms with Crippen molar-refractivity contribution < 1.29 is 18.8 Å². The molecule has 3 heterocycles. The van der Waals surface area contributed by atoms with Crippen molar-refractivity contribution in [2.24, 2.45) is 0 Å². The number of nitrogens with zero attached hydrogens (tertiary/aromatic N) is 3. The Balaban J connectivity index is 1.28. The van der Waals surface area contributed by atoms with E-state index >= 15 is 0 Å². The normalized spacial score (nSPS) is 13.8. The molecule has 1 aliphatic heterocycles. The van der Waals surface area contributed by atoms with Gasteiger partial charge in [0.25, 0.3) is 11.8 Å². The van der Waals surface area contributed by atoms with Crippen LogP contribution in [0.2, 0.25) is 5.02 Å². The van der Waals surface area contributed by atoms with Gasteiger partial charge >= 0.3 is 0 Å². The molecular weight excluding hydrogens is 440 g/mol. The molecule has 4 rings (SSSR count). The highest BCUT2D eigenvalue weighted by atomic mass is 35.5. The zero-order chi connectivity index (χ0) is 21.8. The van der Waals surface area contributed by atoms with Gasteiger partial charge in [-0.3, -0.25) is 19.7 Å². The third-order valence-corrected chi connectivity index (χ3v) is 5.92. The van der Waals surface area contributed by atoms with Crippen LogP contribution in [0.15, 0.2) is 52.5 Å². The molecule has 1 aromatic carbocycles. The number of furan rings is 1. The highest BCUT2D eigenvalue weighted by Gasteiger charge is 2.26. The second-order valence-corrected chi connectivity index (χ2v) is 8.23. The Labute approximate surface area is 187 Å². The van der Waals surface area contributed by atoms with Crippen molar-refractivity contribution >= 4 is 45.8 Å². The van der Waals surface area contributed by atoms with E-state index in [4.69, 9.17) is 16.0 Å². The third-order valence-electron chi connectivity index (χ3n) is 4.86. The first-order chi connectivity index (χ1) is 15.0. The number of hydrogen-bond acceptors (Lipinski definition) is 6. The summed E-state index contributed by atoms with van der Waals surface area (Å²) in [5, 5.41) is 5.47. The maximum atomic E-state index is 12.6. The van der Waals surface area contributed by atoms with E-state index in [9.17, 15) is 14.4 Å². The third kappa shape index (κ3) is 5.12. The molecule has 160 valence electrons. The number of benzene rings is 1. The van der Waals surface area contributed by atoms with Gasteiger partial charge in [-0.25, -0.2) is 4.98 Å². The number of thiazole rings is 1. The lowest BCUT2D eigenvalue weighted by atomic mass is 10.2. The van der Waals surface area contributed by atoms with Crippen LogP contribution in [0.5, 0.6) is 0 Å². The average Bonchev–Trinajstić information content (AvgIpc) is 3.46. The largest absolute Gasteiger partial charge is 0.459 e. The van der Waals surface area contributed by atoms with E-state index in [-0.39, 0.29) is 24.1 Å². The number of aromatic nitrogens is 1. The minimum Gasteiger partial charge on any atom is -0.459 e. The lowest BCUT2D eigenvalue weighted by molar-refractivity contribution is -0.132. The molecule has 0 aliphatic carbocycles. The molecule has 0 radical (unpaired) electrons. The van der Waals surface area contributed by atoms with Crippen LogP contribution in [-0.4, -0.2) is 58.7 Å². The fraction of sp³-hybridized carbons (Fsp3) is 0.238. The van der Waals surface area contributed by atoms with Crippen LogP contribution in [0.3, 0.4) is 0 Å². The molecule has 10 heteroatoms. The number of anilines is 1. The van der Waals surface area contributed by atoms with Crippen LogP contribution in [-0.2, 0) is 11.2 Å². The number of carbonyl (C=O) groups is 3. The minimum atomic E-state index is -0.291. The van der Waals surface area contributed by atoms with Crippen molar-refractivity contribution in [3.05, 3.63) is 70.1 Å². The molecule has 1 fully saturated rings. The molecule has 31 heavy (non-hydrogen) atoms. The first kappa shape index (κ1) is 21.1. The molecule has 1 aliphatic rings. The first-order valence-corrected chi connectivity index (χ1v) is 10.9. The monoisotopic (exact) mass is 458 g/mol. The standard InChI is InChI=1S/C21H19ClN4O4S/c22-15-5-3-14(4-6-15)19(28)24-21-23-16(13-31-21)12-18(27)25-7-9-26(10-8-25)20(29)17-2-1-11-30-17/h1-6,11,13H,7-10,12H2,(H,23,24,28). The fourth-order valence-corrected chi connectivity index (χ4v) is 4.03. The van der Waals surface area contributed by atoms with E-state index in [1.54, 1.807) is 51.6 Å². The summed E-state index contributed by atoms with van der Waals surface area (Å²) in [6.45, 7) is 1.81. The number of halogens is 1. The van der Waals surface area contributed by atoms with Gasteiger partial charge in [0.05, 0.1) is 18.4 Å². The lowest BCUT2D eigenvalue weighted by Crippen LogP contribution is -2.50. The van der Waals surface area contributed by atoms with Crippen molar-refractivity contribution in [1.82, 2.24) is 14.8 Å². The Morgan fingerprint density at radius 2 is 1.77 bits per heavy atom. The van der Waals surface area contributed by atoms with Crippen LogP contribution in [0, 0.1) is 0 Å². The summed E-state index contributed by atoms with van der Waals surface area (Å²) >= 11 is 7.10. The Kier molecular flexibility index (Phi) is 6.34. The van der Waals surface area contributed by atoms with Crippen LogP contribution in [0.25, 0.3) is 0 Å². The van der Waals surface area contributed by atoms with Gasteiger partial charge in [0.1, 0.15) is 0 Å². The number of rotatable bonds is 5. The molecule has 3 amide bonds. The van der Waals surface area contributed by atoms with Gasteiger partial charge in [0.15, 0.2) is 10.9 Å². The summed E-state index contributed by atoms with van der Waals surface area (Å²) in [4.78, 5) is 45.0. The first-order valence-electron chi connectivity index (χ1n) is 9.61. The molecular formula is C21H19ClN4O4S. The summed E-state index contributed by atoms with van der Waals surface area (Å²) < 4.78 is 5.15. The molecule has 3 aromatic rings. The van der Waals surface area contributed by atoms with Crippen molar-refractivity contribution in [3.8, 4) is 0 Å². The van der Waals surface area contributed by atoms with Crippen LogP contribution < -0.4 is 5.32 Å². The zero-order valence-electron chi connectivity index (χ0n) is 16.4. The molecule has 8 nitrogen and oxygen atoms in total. The predicted octanol–water partition coefficient (Wildman–Crippen LogP) is 3.17. The Hall–Kier alpha value is -3.17. The van der Waals surface area contributed by atoms with Gasteiger partial charge in [0.2, 0.25) is 5.91 Å². The van der Waals surface area contributed by atoms with Gasteiger partial charge in [-0.2, -0.15) is 0 Å². The van der Waals surface area contributed by atoms with E-state index < -0.39 is 0 Å². The quantitative estimate of drug-likeness (QED) is 0.633. The predicted molar refractivity (Wildman–Crippen MR) is 116 cm³/mol. The van der Waals surface area contributed by atoms with E-state index in [1.165, 1.54) is 17.6 Å². The van der Waals surface area contributed by atoms with Crippen molar-refractivity contribution in [2.45, 2.75) is 6.42 Å². The summed E-state index contributed by atoms with van der Waals surface area (Å²) in [5.74, 6) is -0.222. The van der Waals surface area contributed by atoms with Crippen molar-refractivity contribution in [1.29, 1.82) is 0 Å². The molecule has 0 atom stereocenters. The number of hydrogen-bond donors (Lipinski definition) is 1. The lowest BCUT2D eigenvalue weighted by Gasteiger charge is -2.34. The number of carbonyl (C=O) groups excluding carboxylic acids is 3. The summed E-state index contributed by atoms with van der Waals surface area (Å²) in [6, 6.07) is 9.85. The maximum absolute atomic E-state index is 12.6. The topological polar surface area (TPSA) is 95.8 Å². The molecule has 1 N–H and O–H groups in total. The van der Waals surface area contributed by atoms with E-state index in [2.05, 4.69) is 10.3 Å². The smallest absolute Gasteiger partial charge is 0.289 e. The summed E-state index contributed by atoms with van der Waals surface area (Å²) in [5.41, 5.74) is 1.06. The number of piperazine rings is 1. The molecule has 2 aromatic heterocycles. The van der Waals surface area contributed by atoms with Gasteiger partial charge < -0.3 is 14.2 Å². The van der Waals surface area contributed by atoms with Crippen molar-refractivity contribution in [2.75, 3.05) is 31.5 Å². The highest BCUT2D eigenvalue weighted by Crippen LogP contribution is 2.19. The maximum Gasteiger partial charge on any atom is 0.289 e. The van der Waals surface area contributed by atoms with Crippen LogP contribution in [0.1, 0.15) is 26.6 Å². The number of amides is 3. The Morgan fingerprint density at radius 1 is 1.06 bits per heavy atom.